The van der Waals surface area contributed by atoms with Gasteiger partial charge in [-0.3, -0.25) is 9.59 Å². The second-order valence-electron chi connectivity index (χ2n) is 8.77. The first-order chi connectivity index (χ1) is 14.4. The normalized spacial score (nSPS) is 18.8. The number of Topliss-reactive ketones (excluding diaryl/α,β-unsaturated/α-hetero) is 1. The first-order valence-electron chi connectivity index (χ1n) is 11.5. The third-order valence-electron chi connectivity index (χ3n) is 6.77. The van der Waals surface area contributed by atoms with Crippen molar-refractivity contribution in [1.29, 1.82) is 0 Å². The second-order valence-corrected chi connectivity index (χ2v) is 8.77. The number of hydrogen-bond acceptors (Lipinski definition) is 3. The zero-order chi connectivity index (χ0) is 21.8. The average Bonchev–Trinajstić information content (AvgIpc) is 3.12. The number of nitrogens with one attached hydrogen (secondary N) is 1. The molecule has 1 saturated heterocycles. The number of rotatable bonds is 8. The largest absolute Gasteiger partial charge is 0.371 e. The van der Waals surface area contributed by atoms with Crippen LogP contribution < -0.4 is 10.5 Å². The number of H-pyrrole nitrogens is 1. The number of pyridine rings is 1. The molecule has 2 atom stereocenters. The maximum absolute atomic E-state index is 12.7. The summed E-state index contributed by atoms with van der Waals surface area (Å²) in [5.74, 6) is 1.41. The summed E-state index contributed by atoms with van der Waals surface area (Å²) >= 11 is 0. The molecule has 0 radical (unpaired) electrons. The van der Waals surface area contributed by atoms with Crippen LogP contribution in [0.2, 0.25) is 0 Å². The Bertz CT molecular complexity index is 943. The number of carbonyl (C=O) groups excluding carboxylic acids is 1. The van der Waals surface area contributed by atoms with E-state index in [0.717, 1.165) is 53.7 Å². The molecule has 1 aliphatic rings. The molecule has 2 aromatic rings. The zero-order valence-electron chi connectivity index (χ0n) is 19.2. The Morgan fingerprint density at radius 2 is 1.83 bits per heavy atom. The van der Waals surface area contributed by atoms with E-state index in [4.69, 9.17) is 0 Å². The first kappa shape index (κ1) is 22.3. The summed E-state index contributed by atoms with van der Waals surface area (Å²) in [6.07, 6.45) is 5.00. The van der Waals surface area contributed by atoms with Gasteiger partial charge in [-0.1, -0.05) is 52.7 Å². The maximum Gasteiger partial charge on any atom is 0.259 e. The minimum Gasteiger partial charge on any atom is -0.371 e. The molecule has 2 heterocycles. The van der Waals surface area contributed by atoms with Gasteiger partial charge in [-0.05, 0) is 60.4 Å². The van der Waals surface area contributed by atoms with Crippen LogP contribution in [0.1, 0.15) is 74.9 Å². The molecule has 0 aliphatic carbocycles. The van der Waals surface area contributed by atoms with Gasteiger partial charge in [0.15, 0.2) is 5.78 Å². The fourth-order valence-electron chi connectivity index (χ4n) is 4.89. The quantitative estimate of drug-likeness (QED) is 0.564. The van der Waals surface area contributed by atoms with E-state index in [-0.39, 0.29) is 11.3 Å². The minimum absolute atomic E-state index is 0.0915. The Kier molecular flexibility index (Phi) is 7.17. The predicted molar refractivity (Wildman–Crippen MR) is 126 cm³/mol. The van der Waals surface area contributed by atoms with Crippen molar-refractivity contribution in [3.05, 3.63) is 51.3 Å². The molecular formula is C26H36N2O2. The Balaban J connectivity index is 1.88. The lowest BCUT2D eigenvalue weighted by Gasteiger charge is -2.20. The highest BCUT2D eigenvalue weighted by Crippen LogP contribution is 2.33. The SMILES string of the molecule is CCCCC1CN(c2ccc(-c3[nH]c(=O)c(C(=O)CC)c(C)c3CC)cc2)CC1C. The van der Waals surface area contributed by atoms with Crippen molar-refractivity contribution in [2.45, 2.75) is 66.7 Å². The molecule has 0 bridgehead atoms. The van der Waals surface area contributed by atoms with Crippen LogP contribution in [0.25, 0.3) is 11.3 Å². The van der Waals surface area contributed by atoms with E-state index in [1.54, 1.807) is 6.92 Å². The minimum atomic E-state index is -0.275. The maximum atomic E-state index is 12.7. The van der Waals surface area contributed by atoms with Gasteiger partial charge in [-0.2, -0.15) is 0 Å². The number of anilines is 1. The van der Waals surface area contributed by atoms with Crippen molar-refractivity contribution < 1.29 is 4.79 Å². The summed E-state index contributed by atoms with van der Waals surface area (Å²) in [7, 11) is 0. The van der Waals surface area contributed by atoms with Crippen LogP contribution in [-0.4, -0.2) is 23.9 Å². The number of nitrogens with zero attached hydrogens (tertiary/aromatic N) is 1. The summed E-state index contributed by atoms with van der Waals surface area (Å²) in [5, 5.41) is 0. The molecule has 1 aromatic heterocycles. The van der Waals surface area contributed by atoms with Gasteiger partial charge >= 0.3 is 0 Å². The molecule has 0 spiro atoms. The summed E-state index contributed by atoms with van der Waals surface area (Å²) in [4.78, 5) is 30.4. The van der Waals surface area contributed by atoms with Gasteiger partial charge in [0.25, 0.3) is 5.56 Å². The Morgan fingerprint density at radius 3 is 2.43 bits per heavy atom. The van der Waals surface area contributed by atoms with Crippen LogP contribution in [0.5, 0.6) is 0 Å². The van der Waals surface area contributed by atoms with Crippen molar-refractivity contribution in [2.24, 2.45) is 11.8 Å². The lowest BCUT2D eigenvalue weighted by Crippen LogP contribution is -2.22. The van der Waals surface area contributed by atoms with Gasteiger partial charge in [-0.25, -0.2) is 0 Å². The van der Waals surface area contributed by atoms with E-state index in [1.165, 1.54) is 24.9 Å². The second kappa shape index (κ2) is 9.63. The lowest BCUT2D eigenvalue weighted by atomic mass is 9.93. The molecule has 1 fully saturated rings. The molecule has 3 rings (SSSR count). The number of benzene rings is 1. The van der Waals surface area contributed by atoms with Crippen molar-refractivity contribution in [1.82, 2.24) is 4.98 Å². The van der Waals surface area contributed by atoms with Crippen molar-refractivity contribution in [2.75, 3.05) is 18.0 Å². The fraction of sp³-hybridized carbons (Fsp3) is 0.538. The van der Waals surface area contributed by atoms with Crippen molar-refractivity contribution in [3.8, 4) is 11.3 Å². The number of carbonyl (C=O) groups is 1. The van der Waals surface area contributed by atoms with Crippen LogP contribution >= 0.6 is 0 Å². The highest BCUT2D eigenvalue weighted by atomic mass is 16.1. The molecule has 1 aliphatic heterocycles. The Labute approximate surface area is 180 Å². The molecule has 1 aromatic carbocycles. The van der Waals surface area contributed by atoms with Gasteiger partial charge in [0.1, 0.15) is 0 Å². The molecule has 30 heavy (non-hydrogen) atoms. The molecule has 4 heteroatoms. The molecule has 162 valence electrons. The van der Waals surface area contributed by atoms with Crippen LogP contribution in [0.4, 0.5) is 5.69 Å². The highest BCUT2D eigenvalue weighted by molar-refractivity contribution is 5.97. The number of hydrogen-bond donors (Lipinski definition) is 1. The van der Waals surface area contributed by atoms with E-state index < -0.39 is 0 Å². The topological polar surface area (TPSA) is 53.2 Å². The van der Waals surface area contributed by atoms with Gasteiger partial charge in [-0.15, -0.1) is 0 Å². The summed E-state index contributed by atoms with van der Waals surface area (Å²) in [5.41, 5.74) is 5.00. The first-order valence-corrected chi connectivity index (χ1v) is 11.5. The standard InChI is InChI=1S/C26H36N2O2/c1-6-9-10-20-16-28(15-17(20)4)21-13-11-19(12-14-21)25-22(7-2)18(5)24(23(29)8-3)26(30)27-25/h11-14,17,20H,6-10,15-16H2,1-5H3,(H,27,30). The number of unbranched alkanes of at least 4 members (excludes halogenated alkanes) is 1. The summed E-state index contributed by atoms with van der Waals surface area (Å²) in [6, 6.07) is 8.54. The van der Waals surface area contributed by atoms with Gasteiger partial charge < -0.3 is 9.88 Å². The third kappa shape index (κ3) is 4.38. The number of aromatic amines is 1. The fourth-order valence-corrected chi connectivity index (χ4v) is 4.89. The Hall–Kier alpha value is -2.36. The van der Waals surface area contributed by atoms with Gasteiger partial charge in [0.05, 0.1) is 11.3 Å². The van der Waals surface area contributed by atoms with Crippen LogP contribution in [0.15, 0.2) is 29.1 Å². The van der Waals surface area contributed by atoms with Crippen molar-refractivity contribution in [3.63, 3.8) is 0 Å². The molecule has 4 nitrogen and oxygen atoms in total. The van der Waals surface area contributed by atoms with Gasteiger partial charge in [0, 0.05) is 25.2 Å². The number of ketones is 1. The third-order valence-corrected chi connectivity index (χ3v) is 6.77. The van der Waals surface area contributed by atoms with Crippen molar-refractivity contribution >= 4 is 11.5 Å². The van der Waals surface area contributed by atoms with Gasteiger partial charge in [0.2, 0.25) is 0 Å². The van der Waals surface area contributed by atoms with E-state index in [1.807, 2.05) is 6.92 Å². The van der Waals surface area contributed by atoms with Crippen LogP contribution in [0, 0.1) is 18.8 Å². The summed E-state index contributed by atoms with van der Waals surface area (Å²) < 4.78 is 0. The molecule has 1 N–H and O–H groups in total. The highest BCUT2D eigenvalue weighted by Gasteiger charge is 2.29. The predicted octanol–water partition coefficient (Wildman–Crippen LogP) is 5.77. The van der Waals surface area contributed by atoms with E-state index in [2.05, 4.69) is 54.9 Å². The molecular weight excluding hydrogens is 372 g/mol. The Morgan fingerprint density at radius 1 is 1.13 bits per heavy atom. The average molecular weight is 409 g/mol. The van der Waals surface area contributed by atoms with Crippen LogP contribution in [0.3, 0.4) is 0 Å². The zero-order valence-corrected chi connectivity index (χ0v) is 19.2. The lowest BCUT2D eigenvalue weighted by molar-refractivity contribution is 0.0986. The molecule has 0 saturated carbocycles. The monoisotopic (exact) mass is 408 g/mol. The van der Waals surface area contributed by atoms with Crippen LogP contribution in [-0.2, 0) is 6.42 Å². The number of aromatic nitrogens is 1. The van der Waals surface area contributed by atoms with E-state index in [0.29, 0.717) is 12.0 Å². The molecule has 0 amide bonds. The smallest absolute Gasteiger partial charge is 0.259 e. The van der Waals surface area contributed by atoms with E-state index in [9.17, 15) is 9.59 Å². The summed E-state index contributed by atoms with van der Waals surface area (Å²) in [6.45, 7) is 12.6. The molecule has 2 unspecified atom stereocenters. The van der Waals surface area contributed by atoms with E-state index >= 15 is 0 Å².